The van der Waals surface area contributed by atoms with E-state index in [2.05, 4.69) is 14.9 Å². The van der Waals surface area contributed by atoms with Crippen molar-refractivity contribution in [1.29, 1.82) is 0 Å². The van der Waals surface area contributed by atoms with Gasteiger partial charge < -0.3 is 9.88 Å². The first-order chi connectivity index (χ1) is 9.24. The Morgan fingerprint density at radius 1 is 1.32 bits per heavy atom. The monoisotopic (exact) mass is 257 g/mol. The van der Waals surface area contributed by atoms with Crippen LogP contribution in [0, 0.1) is 6.92 Å². The summed E-state index contributed by atoms with van der Waals surface area (Å²) < 4.78 is 0. The molecule has 2 heterocycles. The first-order valence-electron chi connectivity index (χ1n) is 6.95. The van der Waals surface area contributed by atoms with E-state index in [1.54, 1.807) is 0 Å². The van der Waals surface area contributed by atoms with E-state index in [4.69, 9.17) is 0 Å². The molecule has 2 aromatic rings. The highest BCUT2D eigenvalue weighted by atomic mass is 16.1. The maximum Gasteiger partial charge on any atom is 0.258 e. The van der Waals surface area contributed by atoms with Gasteiger partial charge in [-0.15, -0.1) is 0 Å². The lowest BCUT2D eigenvalue weighted by Gasteiger charge is -2.13. The number of aromatic amines is 1. The van der Waals surface area contributed by atoms with Crippen LogP contribution in [0.3, 0.4) is 0 Å². The molecule has 0 bridgehead atoms. The van der Waals surface area contributed by atoms with Crippen molar-refractivity contribution in [2.24, 2.45) is 0 Å². The van der Waals surface area contributed by atoms with Crippen molar-refractivity contribution < 1.29 is 0 Å². The van der Waals surface area contributed by atoms with E-state index in [0.29, 0.717) is 5.39 Å². The predicted octanol–water partition coefficient (Wildman–Crippen LogP) is 1.87. The normalized spacial score (nSPS) is 16.3. The minimum Gasteiger partial charge on any atom is -0.310 e. The minimum atomic E-state index is -0.0230. The smallest absolute Gasteiger partial charge is 0.258 e. The first kappa shape index (κ1) is 12.4. The fourth-order valence-corrected chi connectivity index (χ4v) is 2.74. The Balaban J connectivity index is 1.87. The summed E-state index contributed by atoms with van der Waals surface area (Å²) in [5.41, 5.74) is 1.87. The Morgan fingerprint density at radius 3 is 2.89 bits per heavy atom. The highest BCUT2D eigenvalue weighted by molar-refractivity contribution is 5.80. The van der Waals surface area contributed by atoms with Gasteiger partial charge in [-0.25, -0.2) is 4.98 Å². The summed E-state index contributed by atoms with van der Waals surface area (Å²) in [5, 5.41) is 0.685. The van der Waals surface area contributed by atoms with E-state index in [9.17, 15) is 4.79 Å². The topological polar surface area (TPSA) is 49.0 Å². The lowest BCUT2D eigenvalue weighted by Crippen LogP contribution is -2.24. The second kappa shape index (κ2) is 5.13. The van der Waals surface area contributed by atoms with Crippen molar-refractivity contribution in [3.63, 3.8) is 0 Å². The number of likely N-dealkylation sites (tertiary alicyclic amines) is 1. The molecule has 0 spiro atoms. The Morgan fingerprint density at radius 2 is 2.11 bits per heavy atom. The number of hydrogen-bond acceptors (Lipinski definition) is 3. The molecule has 19 heavy (non-hydrogen) atoms. The van der Waals surface area contributed by atoms with E-state index in [1.165, 1.54) is 25.9 Å². The van der Waals surface area contributed by atoms with Gasteiger partial charge in [0.2, 0.25) is 0 Å². The molecule has 4 heteroatoms. The molecule has 0 radical (unpaired) electrons. The van der Waals surface area contributed by atoms with Crippen LogP contribution >= 0.6 is 0 Å². The van der Waals surface area contributed by atoms with Crippen molar-refractivity contribution in [3.05, 3.63) is 39.9 Å². The molecule has 0 amide bonds. The average Bonchev–Trinajstić information content (AvgIpc) is 2.91. The molecule has 1 aliphatic rings. The van der Waals surface area contributed by atoms with E-state index in [1.807, 2.05) is 25.1 Å². The Labute approximate surface area is 112 Å². The van der Waals surface area contributed by atoms with Crippen LogP contribution in [0.2, 0.25) is 0 Å². The number of aryl methyl sites for hydroxylation is 1. The van der Waals surface area contributed by atoms with E-state index in [-0.39, 0.29) is 5.56 Å². The molecule has 3 rings (SSSR count). The van der Waals surface area contributed by atoms with Crippen LogP contribution in [0.25, 0.3) is 10.9 Å². The van der Waals surface area contributed by atoms with E-state index in [0.717, 1.165) is 29.9 Å². The van der Waals surface area contributed by atoms with Crippen LogP contribution in [0.1, 0.15) is 24.2 Å². The van der Waals surface area contributed by atoms with Crippen LogP contribution < -0.4 is 5.56 Å². The zero-order valence-electron chi connectivity index (χ0n) is 11.3. The molecule has 0 saturated carbocycles. The highest BCUT2D eigenvalue weighted by Crippen LogP contribution is 2.13. The standard InChI is InChI=1S/C15H19N3O/c1-11-5-4-6-12-14(11)16-13(17-15(12)19)7-10-18-8-2-3-9-18/h4-6H,2-3,7-10H2,1H3,(H,16,17,19). The summed E-state index contributed by atoms with van der Waals surface area (Å²) in [7, 11) is 0. The quantitative estimate of drug-likeness (QED) is 0.913. The molecule has 1 N–H and O–H groups in total. The lowest BCUT2D eigenvalue weighted by molar-refractivity contribution is 0.341. The Kier molecular flexibility index (Phi) is 3.34. The summed E-state index contributed by atoms with van der Waals surface area (Å²) >= 11 is 0. The highest BCUT2D eigenvalue weighted by Gasteiger charge is 2.12. The molecular formula is C15H19N3O. The first-order valence-corrected chi connectivity index (χ1v) is 6.95. The third kappa shape index (κ3) is 2.54. The Hall–Kier alpha value is -1.68. The molecule has 100 valence electrons. The molecule has 1 saturated heterocycles. The number of para-hydroxylation sites is 1. The number of nitrogens with zero attached hydrogens (tertiary/aromatic N) is 2. The van der Waals surface area contributed by atoms with Crippen molar-refractivity contribution >= 4 is 10.9 Å². The summed E-state index contributed by atoms with van der Waals surface area (Å²) in [5.74, 6) is 0.804. The van der Waals surface area contributed by atoms with Crippen molar-refractivity contribution in [3.8, 4) is 0 Å². The van der Waals surface area contributed by atoms with Gasteiger partial charge in [0.05, 0.1) is 10.9 Å². The van der Waals surface area contributed by atoms with Crippen LogP contribution in [0.5, 0.6) is 0 Å². The van der Waals surface area contributed by atoms with Gasteiger partial charge in [0, 0.05) is 13.0 Å². The van der Waals surface area contributed by atoms with Gasteiger partial charge in [-0.3, -0.25) is 4.79 Å². The third-order valence-corrected chi connectivity index (χ3v) is 3.85. The maximum atomic E-state index is 12.0. The summed E-state index contributed by atoms with van der Waals surface area (Å²) in [6, 6.07) is 5.73. The molecule has 0 atom stereocenters. The van der Waals surface area contributed by atoms with Crippen LogP contribution in [-0.2, 0) is 6.42 Å². The fourth-order valence-electron chi connectivity index (χ4n) is 2.74. The summed E-state index contributed by atoms with van der Waals surface area (Å²) in [6.45, 7) is 5.34. The van der Waals surface area contributed by atoms with Crippen molar-refractivity contribution in [2.45, 2.75) is 26.2 Å². The number of rotatable bonds is 3. The number of H-pyrrole nitrogens is 1. The largest absolute Gasteiger partial charge is 0.310 e. The van der Waals surface area contributed by atoms with Gasteiger partial charge in [0.25, 0.3) is 5.56 Å². The average molecular weight is 257 g/mol. The van der Waals surface area contributed by atoms with Gasteiger partial charge >= 0.3 is 0 Å². The Bertz CT molecular complexity index is 641. The molecule has 0 unspecified atom stereocenters. The number of hydrogen-bond donors (Lipinski definition) is 1. The lowest BCUT2D eigenvalue weighted by atomic mass is 10.1. The van der Waals surface area contributed by atoms with Gasteiger partial charge in [0.1, 0.15) is 5.82 Å². The molecule has 1 aromatic heterocycles. The van der Waals surface area contributed by atoms with Gasteiger partial charge in [0.15, 0.2) is 0 Å². The summed E-state index contributed by atoms with van der Waals surface area (Å²) in [6.07, 6.45) is 3.40. The SMILES string of the molecule is Cc1cccc2c(=O)[nH]c(CCN3CCCC3)nc12. The minimum absolute atomic E-state index is 0.0230. The van der Waals surface area contributed by atoms with Gasteiger partial charge in [-0.2, -0.15) is 0 Å². The van der Waals surface area contributed by atoms with Crippen LogP contribution in [0.15, 0.2) is 23.0 Å². The molecular weight excluding hydrogens is 238 g/mol. The number of benzene rings is 1. The zero-order chi connectivity index (χ0) is 13.2. The predicted molar refractivity (Wildman–Crippen MR) is 76.5 cm³/mol. The van der Waals surface area contributed by atoms with Gasteiger partial charge in [-0.05, 0) is 44.5 Å². The van der Waals surface area contributed by atoms with Crippen LogP contribution in [0.4, 0.5) is 0 Å². The zero-order valence-corrected chi connectivity index (χ0v) is 11.3. The van der Waals surface area contributed by atoms with Gasteiger partial charge in [-0.1, -0.05) is 12.1 Å². The second-order valence-corrected chi connectivity index (χ2v) is 5.28. The number of nitrogens with one attached hydrogen (secondary N) is 1. The molecule has 0 aliphatic carbocycles. The number of fused-ring (bicyclic) bond motifs is 1. The molecule has 1 aliphatic heterocycles. The molecule has 1 aromatic carbocycles. The van der Waals surface area contributed by atoms with E-state index < -0.39 is 0 Å². The molecule has 1 fully saturated rings. The fraction of sp³-hybridized carbons (Fsp3) is 0.467. The summed E-state index contributed by atoms with van der Waals surface area (Å²) in [4.78, 5) is 22.0. The second-order valence-electron chi connectivity index (χ2n) is 5.28. The number of aromatic nitrogens is 2. The molecule has 4 nitrogen and oxygen atoms in total. The third-order valence-electron chi connectivity index (χ3n) is 3.85. The van der Waals surface area contributed by atoms with E-state index >= 15 is 0 Å². The maximum absolute atomic E-state index is 12.0. The van der Waals surface area contributed by atoms with Crippen molar-refractivity contribution in [2.75, 3.05) is 19.6 Å². The van der Waals surface area contributed by atoms with Crippen LogP contribution in [-0.4, -0.2) is 34.5 Å². The van der Waals surface area contributed by atoms with Crippen molar-refractivity contribution in [1.82, 2.24) is 14.9 Å².